The Bertz CT molecular complexity index is 536. The third kappa shape index (κ3) is 3.24. The lowest BCUT2D eigenvalue weighted by atomic mass is 10.3. The number of ether oxygens (including phenoxy) is 1. The first-order valence-corrected chi connectivity index (χ1v) is 7.66. The van der Waals surface area contributed by atoms with E-state index in [0.717, 1.165) is 36.7 Å². The minimum absolute atomic E-state index is 0.670. The standard InChI is InChI=1S/C15H22N2OS/c1-3-5-8-17-14-7-6-12(18-9-4-2)10-13(14)16-15(17)11-19/h6-7,10,19H,3-5,8-9,11H2,1-2H3. The number of rotatable bonds is 7. The highest BCUT2D eigenvalue weighted by atomic mass is 32.1. The summed E-state index contributed by atoms with van der Waals surface area (Å²) in [5.41, 5.74) is 2.19. The van der Waals surface area contributed by atoms with Gasteiger partial charge in [0, 0.05) is 18.4 Å². The summed E-state index contributed by atoms with van der Waals surface area (Å²) in [6, 6.07) is 6.17. The minimum Gasteiger partial charge on any atom is -0.494 e. The second-order valence-corrected chi connectivity index (χ2v) is 5.01. The van der Waals surface area contributed by atoms with Crippen LogP contribution in [0.15, 0.2) is 18.2 Å². The molecule has 104 valence electrons. The van der Waals surface area contributed by atoms with E-state index in [1.165, 1.54) is 18.4 Å². The molecule has 0 spiro atoms. The molecule has 0 radical (unpaired) electrons. The van der Waals surface area contributed by atoms with E-state index in [0.29, 0.717) is 5.75 Å². The maximum atomic E-state index is 5.66. The molecule has 0 N–H and O–H groups in total. The number of aryl methyl sites for hydroxylation is 1. The van der Waals surface area contributed by atoms with Crippen LogP contribution >= 0.6 is 12.6 Å². The summed E-state index contributed by atoms with van der Waals surface area (Å²) in [4.78, 5) is 4.66. The highest BCUT2D eigenvalue weighted by Crippen LogP contribution is 2.23. The van der Waals surface area contributed by atoms with Gasteiger partial charge >= 0.3 is 0 Å². The molecular weight excluding hydrogens is 256 g/mol. The van der Waals surface area contributed by atoms with Crippen LogP contribution in [0.4, 0.5) is 0 Å². The van der Waals surface area contributed by atoms with Crippen LogP contribution in [0.5, 0.6) is 5.75 Å². The van der Waals surface area contributed by atoms with Crippen molar-refractivity contribution in [2.24, 2.45) is 0 Å². The van der Waals surface area contributed by atoms with E-state index in [-0.39, 0.29) is 0 Å². The molecule has 4 heteroatoms. The summed E-state index contributed by atoms with van der Waals surface area (Å²) in [5, 5.41) is 0. The number of thiol groups is 1. The molecular formula is C15H22N2OS. The summed E-state index contributed by atoms with van der Waals surface area (Å²) in [6.07, 6.45) is 3.37. The number of benzene rings is 1. The highest BCUT2D eigenvalue weighted by molar-refractivity contribution is 7.79. The van der Waals surface area contributed by atoms with Crippen molar-refractivity contribution in [2.45, 2.75) is 45.4 Å². The number of aromatic nitrogens is 2. The van der Waals surface area contributed by atoms with Crippen LogP contribution in [0.25, 0.3) is 11.0 Å². The Morgan fingerprint density at radius 1 is 1.26 bits per heavy atom. The van der Waals surface area contributed by atoms with Crippen molar-refractivity contribution < 1.29 is 4.74 Å². The first-order chi connectivity index (χ1) is 9.30. The fraction of sp³-hybridized carbons (Fsp3) is 0.533. The Labute approximate surface area is 120 Å². The largest absolute Gasteiger partial charge is 0.494 e. The quantitative estimate of drug-likeness (QED) is 0.773. The van der Waals surface area contributed by atoms with Crippen LogP contribution in [0.3, 0.4) is 0 Å². The Balaban J connectivity index is 2.33. The molecule has 19 heavy (non-hydrogen) atoms. The first-order valence-electron chi connectivity index (χ1n) is 7.03. The maximum absolute atomic E-state index is 5.66. The summed E-state index contributed by atoms with van der Waals surface area (Å²) in [5.74, 6) is 2.61. The zero-order valence-electron chi connectivity index (χ0n) is 11.7. The van der Waals surface area contributed by atoms with Crippen molar-refractivity contribution in [1.82, 2.24) is 9.55 Å². The van der Waals surface area contributed by atoms with E-state index >= 15 is 0 Å². The molecule has 0 aliphatic heterocycles. The lowest BCUT2D eigenvalue weighted by Gasteiger charge is -2.07. The number of imidazole rings is 1. The van der Waals surface area contributed by atoms with Gasteiger partial charge in [-0.1, -0.05) is 20.3 Å². The second kappa shape index (κ2) is 6.85. The topological polar surface area (TPSA) is 27.1 Å². The van der Waals surface area contributed by atoms with Gasteiger partial charge in [-0.15, -0.1) is 0 Å². The van der Waals surface area contributed by atoms with E-state index in [9.17, 15) is 0 Å². The SMILES string of the molecule is CCCCn1c(CS)nc2cc(OCCC)ccc21. The maximum Gasteiger partial charge on any atom is 0.121 e. The van der Waals surface area contributed by atoms with Crippen molar-refractivity contribution in [2.75, 3.05) is 6.61 Å². The van der Waals surface area contributed by atoms with Gasteiger partial charge in [-0.05, 0) is 25.0 Å². The Hall–Kier alpha value is -1.16. The first kappa shape index (κ1) is 14.3. The molecule has 2 rings (SSSR count). The van der Waals surface area contributed by atoms with Gasteiger partial charge < -0.3 is 9.30 Å². The minimum atomic E-state index is 0.670. The van der Waals surface area contributed by atoms with E-state index < -0.39 is 0 Å². The third-order valence-corrected chi connectivity index (χ3v) is 3.43. The molecule has 0 saturated carbocycles. The third-order valence-electron chi connectivity index (χ3n) is 3.15. The number of fused-ring (bicyclic) bond motifs is 1. The van der Waals surface area contributed by atoms with Gasteiger partial charge in [0.25, 0.3) is 0 Å². The van der Waals surface area contributed by atoms with E-state index in [1.807, 2.05) is 12.1 Å². The van der Waals surface area contributed by atoms with Gasteiger partial charge in [0.1, 0.15) is 11.6 Å². The predicted molar refractivity (Wildman–Crippen MR) is 83.1 cm³/mol. The van der Waals surface area contributed by atoms with Gasteiger partial charge in [-0.3, -0.25) is 0 Å². The summed E-state index contributed by atoms with van der Waals surface area (Å²) < 4.78 is 7.93. The fourth-order valence-corrected chi connectivity index (χ4v) is 2.40. The Morgan fingerprint density at radius 3 is 2.79 bits per heavy atom. The monoisotopic (exact) mass is 278 g/mol. The number of unbranched alkanes of at least 4 members (excludes halogenated alkanes) is 1. The van der Waals surface area contributed by atoms with E-state index in [4.69, 9.17) is 4.74 Å². The van der Waals surface area contributed by atoms with E-state index in [1.54, 1.807) is 0 Å². The average Bonchev–Trinajstić information content (AvgIpc) is 2.79. The molecule has 1 aromatic carbocycles. The fourth-order valence-electron chi connectivity index (χ4n) is 2.16. The Morgan fingerprint density at radius 2 is 2.11 bits per heavy atom. The number of nitrogens with zero attached hydrogens (tertiary/aromatic N) is 2. The van der Waals surface area contributed by atoms with Gasteiger partial charge in [-0.2, -0.15) is 12.6 Å². The van der Waals surface area contributed by atoms with Crippen LogP contribution in [0, 0.1) is 0 Å². The zero-order valence-corrected chi connectivity index (χ0v) is 12.6. The highest BCUT2D eigenvalue weighted by Gasteiger charge is 2.10. The van der Waals surface area contributed by atoms with Gasteiger partial charge in [0.05, 0.1) is 17.6 Å². The van der Waals surface area contributed by atoms with Crippen LogP contribution in [-0.2, 0) is 12.3 Å². The van der Waals surface area contributed by atoms with Crippen molar-refractivity contribution >= 4 is 23.7 Å². The molecule has 0 saturated heterocycles. The van der Waals surface area contributed by atoms with Crippen molar-refractivity contribution in [3.63, 3.8) is 0 Å². The van der Waals surface area contributed by atoms with Gasteiger partial charge in [-0.25, -0.2) is 4.98 Å². The lowest BCUT2D eigenvalue weighted by molar-refractivity contribution is 0.318. The predicted octanol–water partition coefficient (Wildman–Crippen LogP) is 4.06. The molecule has 3 nitrogen and oxygen atoms in total. The molecule has 0 atom stereocenters. The second-order valence-electron chi connectivity index (χ2n) is 4.69. The van der Waals surface area contributed by atoms with Crippen molar-refractivity contribution in [3.05, 3.63) is 24.0 Å². The normalized spacial score (nSPS) is 11.1. The van der Waals surface area contributed by atoms with Crippen LogP contribution in [0.2, 0.25) is 0 Å². The molecule has 0 aliphatic carbocycles. The molecule has 1 aromatic heterocycles. The van der Waals surface area contributed by atoms with Crippen molar-refractivity contribution in [3.8, 4) is 5.75 Å². The number of hydrogen-bond donors (Lipinski definition) is 1. The smallest absolute Gasteiger partial charge is 0.121 e. The zero-order chi connectivity index (χ0) is 13.7. The summed E-state index contributed by atoms with van der Waals surface area (Å²) >= 11 is 4.38. The van der Waals surface area contributed by atoms with Gasteiger partial charge in [0.15, 0.2) is 0 Å². The van der Waals surface area contributed by atoms with Crippen LogP contribution in [0.1, 0.15) is 38.9 Å². The summed E-state index contributed by atoms with van der Waals surface area (Å²) in [7, 11) is 0. The van der Waals surface area contributed by atoms with E-state index in [2.05, 4.69) is 42.1 Å². The molecule has 0 amide bonds. The van der Waals surface area contributed by atoms with Crippen LogP contribution < -0.4 is 4.74 Å². The van der Waals surface area contributed by atoms with Crippen LogP contribution in [-0.4, -0.2) is 16.2 Å². The molecule has 0 unspecified atom stereocenters. The van der Waals surface area contributed by atoms with Gasteiger partial charge in [0.2, 0.25) is 0 Å². The number of hydrogen-bond acceptors (Lipinski definition) is 3. The lowest BCUT2D eigenvalue weighted by Crippen LogP contribution is -2.02. The Kier molecular flexibility index (Phi) is 5.14. The molecule has 0 aliphatic rings. The average molecular weight is 278 g/mol. The molecule has 0 fully saturated rings. The molecule has 0 bridgehead atoms. The van der Waals surface area contributed by atoms with Crippen molar-refractivity contribution in [1.29, 1.82) is 0 Å². The molecule has 2 aromatic rings. The molecule has 1 heterocycles. The summed E-state index contributed by atoms with van der Waals surface area (Å²) in [6.45, 7) is 6.08.